The van der Waals surface area contributed by atoms with Crippen LogP contribution in [0.5, 0.6) is 0 Å². The van der Waals surface area contributed by atoms with E-state index >= 15 is 0 Å². The Morgan fingerprint density at radius 1 is 1.22 bits per heavy atom. The maximum absolute atomic E-state index is 14.3. The molecule has 3 heterocycles. The molecule has 2 aromatic rings. The minimum atomic E-state index is -2.32. The molecule has 0 aromatic carbocycles. The second-order valence-corrected chi connectivity index (χ2v) is 17.7. The summed E-state index contributed by atoms with van der Waals surface area (Å²) in [6.45, 7) is 16.7. The molecule has 3 atom stereocenters. The third-order valence-corrected chi connectivity index (χ3v) is 11.8. The summed E-state index contributed by atoms with van der Waals surface area (Å²) < 4.78 is 35.3. The van der Waals surface area contributed by atoms with Crippen molar-refractivity contribution < 1.29 is 23.1 Å². The van der Waals surface area contributed by atoms with Crippen molar-refractivity contribution in [1.29, 1.82) is 0 Å². The molecule has 0 amide bonds. The molecular weight excluding hydrogens is 559 g/mol. The van der Waals surface area contributed by atoms with Crippen molar-refractivity contribution in [2.75, 3.05) is 6.61 Å². The van der Waals surface area contributed by atoms with E-state index in [2.05, 4.69) is 64.9 Å². The summed E-state index contributed by atoms with van der Waals surface area (Å²) in [6.07, 6.45) is 4.05. The molecule has 8 nitrogen and oxygen atoms in total. The van der Waals surface area contributed by atoms with Crippen molar-refractivity contribution >= 4 is 30.2 Å². The Hall–Kier alpha value is -1.69. The Morgan fingerprint density at radius 3 is 2.49 bits per heavy atom. The zero-order valence-electron chi connectivity index (χ0n) is 23.2. The van der Waals surface area contributed by atoms with E-state index < -0.39 is 31.8 Å². The lowest BCUT2D eigenvalue weighted by molar-refractivity contribution is -0.161. The number of ether oxygens (including phenoxy) is 2. The fraction of sp³-hybridized carbons (Fsp3) is 0.692. The Bertz CT molecular complexity index is 1080. The smallest absolute Gasteiger partial charge is 0.311 e. The van der Waals surface area contributed by atoms with E-state index in [0.29, 0.717) is 22.7 Å². The van der Waals surface area contributed by atoms with Crippen LogP contribution in [0.25, 0.3) is 0 Å². The predicted molar refractivity (Wildman–Crippen MR) is 145 cm³/mol. The van der Waals surface area contributed by atoms with Gasteiger partial charge in [0.25, 0.3) is 0 Å². The number of hydrogen-bond donors (Lipinski definition) is 0. The average Bonchev–Trinajstić information content (AvgIpc) is 3.18. The number of pyridine rings is 1. The van der Waals surface area contributed by atoms with Crippen molar-refractivity contribution in [2.45, 2.75) is 104 Å². The lowest BCUT2D eigenvalue weighted by atomic mass is 9.97. The van der Waals surface area contributed by atoms with E-state index in [1.165, 1.54) is 6.07 Å². The summed E-state index contributed by atoms with van der Waals surface area (Å²) in [5, 5.41) is 4.44. The Morgan fingerprint density at radius 2 is 1.92 bits per heavy atom. The Labute approximate surface area is 229 Å². The largest absolute Gasteiger partial charge is 0.454 e. The highest BCUT2D eigenvalue weighted by Gasteiger charge is 2.42. The first-order valence-electron chi connectivity index (χ1n) is 12.8. The minimum absolute atomic E-state index is 0.0947. The summed E-state index contributed by atoms with van der Waals surface area (Å²) in [6, 6.07) is 1.43. The van der Waals surface area contributed by atoms with Crippen LogP contribution in [-0.4, -0.2) is 40.6 Å². The summed E-state index contributed by atoms with van der Waals surface area (Å²) in [7, 11) is -2.32. The van der Waals surface area contributed by atoms with Gasteiger partial charge < -0.3 is 13.9 Å². The van der Waals surface area contributed by atoms with Gasteiger partial charge in [-0.3, -0.25) is 9.78 Å². The molecule has 3 unspecified atom stereocenters. The van der Waals surface area contributed by atoms with Crippen LogP contribution in [0.15, 0.2) is 23.2 Å². The lowest BCUT2D eigenvalue weighted by Gasteiger charge is -2.40. The van der Waals surface area contributed by atoms with Crippen molar-refractivity contribution in [3.05, 3.63) is 40.4 Å². The number of esters is 1. The second-order valence-electron chi connectivity index (χ2n) is 12.2. The number of halogens is 2. The van der Waals surface area contributed by atoms with Gasteiger partial charge in [-0.15, -0.1) is 5.10 Å². The van der Waals surface area contributed by atoms with Crippen LogP contribution in [0.2, 0.25) is 18.1 Å². The average molecular weight is 600 g/mol. The van der Waals surface area contributed by atoms with Gasteiger partial charge in [-0.25, -0.2) is 14.1 Å². The normalized spacial score (nSPS) is 18.9. The van der Waals surface area contributed by atoms with Crippen LogP contribution in [0.1, 0.15) is 97.0 Å². The highest BCUT2D eigenvalue weighted by molar-refractivity contribution is 9.10. The molecule has 2 aromatic heterocycles. The molecule has 0 aliphatic carbocycles. The van der Waals surface area contributed by atoms with E-state index in [0.717, 1.165) is 25.5 Å². The maximum atomic E-state index is 14.3. The van der Waals surface area contributed by atoms with Gasteiger partial charge in [-0.05, 0) is 80.2 Å². The minimum Gasteiger partial charge on any atom is -0.454 e. The third kappa shape index (κ3) is 7.67. The van der Waals surface area contributed by atoms with Crippen LogP contribution >= 0.6 is 15.9 Å². The van der Waals surface area contributed by atoms with Crippen molar-refractivity contribution in [3.63, 3.8) is 0 Å². The van der Waals surface area contributed by atoms with Crippen LogP contribution < -0.4 is 0 Å². The second kappa shape index (κ2) is 11.6. The summed E-state index contributed by atoms with van der Waals surface area (Å²) in [4.78, 5) is 21.8. The zero-order chi connectivity index (χ0) is 27.6. The van der Waals surface area contributed by atoms with Crippen LogP contribution in [0.3, 0.4) is 0 Å². The third-order valence-electron chi connectivity index (χ3n) is 6.98. The molecule has 11 heteroatoms. The van der Waals surface area contributed by atoms with E-state index in [1.807, 2.05) is 0 Å². The topological polar surface area (TPSA) is 88.4 Å². The maximum Gasteiger partial charge on any atom is 0.311 e. The van der Waals surface area contributed by atoms with Gasteiger partial charge >= 0.3 is 5.97 Å². The van der Waals surface area contributed by atoms with Gasteiger partial charge in [0.1, 0.15) is 5.82 Å². The molecule has 1 aliphatic heterocycles. The molecular formula is C26H40BrFN4O4Si. The van der Waals surface area contributed by atoms with Crippen LogP contribution in [0, 0.1) is 11.2 Å². The molecule has 0 radical (unpaired) electrons. The van der Waals surface area contributed by atoms with Crippen LogP contribution in [-0.2, 0) is 18.7 Å². The summed E-state index contributed by atoms with van der Waals surface area (Å²) in [5.74, 6) is -0.369. The fourth-order valence-electron chi connectivity index (χ4n) is 3.75. The highest BCUT2D eigenvalue weighted by atomic mass is 79.9. The van der Waals surface area contributed by atoms with E-state index in [4.69, 9.17) is 13.9 Å². The standard InChI is InChI=1S/C26H40BrFN4O4Si/c1-25(2,3)23(33)35-20(22-30-24(27)31-32(22)21-11-9-10-12-34-21)14-19(17-13-18(28)16-29-15-17)36-37(7,8)26(4,5)6/h13,15-16,19-21H,9-12,14H2,1-8H3. The monoisotopic (exact) mass is 598 g/mol. The number of carbonyl (C=O) groups excluding carboxylic acids is 1. The van der Waals surface area contributed by atoms with Gasteiger partial charge in [0.05, 0.1) is 17.7 Å². The molecule has 0 spiro atoms. The molecule has 3 rings (SSSR count). The number of carbonyl (C=O) groups is 1. The van der Waals surface area contributed by atoms with E-state index in [1.54, 1.807) is 31.6 Å². The summed E-state index contributed by atoms with van der Waals surface area (Å²) >= 11 is 3.40. The first-order valence-corrected chi connectivity index (χ1v) is 16.5. The number of rotatable bonds is 8. The first kappa shape index (κ1) is 29.9. The van der Waals surface area contributed by atoms with Gasteiger partial charge in [-0.2, -0.15) is 0 Å². The predicted octanol–water partition coefficient (Wildman–Crippen LogP) is 7.06. The molecule has 1 saturated heterocycles. The Balaban J connectivity index is 2.07. The fourth-order valence-corrected chi connectivity index (χ4v) is 5.40. The highest BCUT2D eigenvalue weighted by Crippen LogP contribution is 2.43. The van der Waals surface area contributed by atoms with Gasteiger partial charge in [0.2, 0.25) is 4.73 Å². The van der Waals surface area contributed by atoms with Gasteiger partial charge in [0, 0.05) is 24.8 Å². The lowest BCUT2D eigenvalue weighted by Crippen LogP contribution is -2.42. The quantitative estimate of drug-likeness (QED) is 0.237. The van der Waals surface area contributed by atoms with Gasteiger partial charge in [0.15, 0.2) is 26.5 Å². The SMILES string of the molecule is CC(C)(C)C(=O)OC(CC(O[Si](C)(C)C(C)(C)C)c1cncc(F)c1)c1nc(Br)nn1C1CCCCO1. The molecule has 37 heavy (non-hydrogen) atoms. The first-order chi connectivity index (χ1) is 17.1. The molecule has 0 bridgehead atoms. The molecule has 0 N–H and O–H groups in total. The molecule has 1 fully saturated rings. The molecule has 206 valence electrons. The van der Waals surface area contributed by atoms with Crippen molar-refractivity contribution in [3.8, 4) is 0 Å². The Kier molecular flexibility index (Phi) is 9.35. The summed E-state index contributed by atoms with van der Waals surface area (Å²) in [5.41, 5.74) is -0.154. The molecule has 0 saturated carbocycles. The number of nitrogens with zero attached hydrogens (tertiary/aromatic N) is 4. The van der Waals surface area contributed by atoms with Crippen LogP contribution in [0.4, 0.5) is 4.39 Å². The van der Waals surface area contributed by atoms with Crippen molar-refractivity contribution in [2.24, 2.45) is 5.41 Å². The van der Waals surface area contributed by atoms with Crippen molar-refractivity contribution in [1.82, 2.24) is 19.7 Å². The van der Waals surface area contributed by atoms with Gasteiger partial charge in [-0.1, -0.05) is 20.8 Å². The molecule has 1 aliphatic rings. The number of hydrogen-bond acceptors (Lipinski definition) is 7. The van der Waals surface area contributed by atoms with E-state index in [9.17, 15) is 9.18 Å². The zero-order valence-corrected chi connectivity index (χ0v) is 25.8. The number of aromatic nitrogens is 4. The van der Waals surface area contributed by atoms with E-state index in [-0.39, 0.29) is 23.7 Å².